The number of anilines is 9. The summed E-state index contributed by atoms with van der Waals surface area (Å²) in [6.07, 6.45) is 18.4. The number of thiazole rings is 3. The van der Waals surface area contributed by atoms with E-state index in [0.717, 1.165) is 192 Å². The zero-order valence-corrected chi connectivity index (χ0v) is 71.7. The zero-order valence-electron chi connectivity index (χ0n) is 69.3. The van der Waals surface area contributed by atoms with Crippen LogP contribution in [-0.2, 0) is 0 Å². The lowest BCUT2D eigenvalue weighted by Gasteiger charge is -2.41. The van der Waals surface area contributed by atoms with Gasteiger partial charge < -0.3 is 47.9 Å². The average molecular weight is 1660 g/mol. The Bertz CT molecular complexity index is 5750. The molecule has 30 heteroatoms. The highest BCUT2D eigenvalue weighted by molar-refractivity contribution is 7.15. The summed E-state index contributed by atoms with van der Waals surface area (Å²) in [5.41, 5.74) is 36.7. The summed E-state index contributed by atoms with van der Waals surface area (Å²) in [5.74, 6) is 1.43. The van der Waals surface area contributed by atoms with E-state index in [1.165, 1.54) is 101 Å². The van der Waals surface area contributed by atoms with Gasteiger partial charge in [-0.05, 0) is 155 Å². The average Bonchev–Trinajstić information content (AvgIpc) is 1.62. The predicted octanol–water partition coefficient (Wildman–Crippen LogP) is 16.3. The first kappa shape index (κ1) is 80.3. The molecule has 12 heterocycles. The maximum atomic E-state index is 6.42. The number of likely N-dealkylation sites (N-methyl/N-ethyl adjacent to an activating group) is 3. The molecule has 3 saturated carbocycles. The minimum absolute atomic E-state index is 0.313. The molecule has 0 spiro atoms. The molecule has 20 rings (SSSR count). The van der Waals surface area contributed by atoms with Crippen LogP contribution in [0.4, 0.5) is 49.9 Å². The second-order valence-corrected chi connectivity index (χ2v) is 36.2. The summed E-state index contributed by atoms with van der Waals surface area (Å²) < 4.78 is 6.36. The zero-order chi connectivity index (χ0) is 81.9. The molecule has 6 fully saturated rings. The number of nitrogens with one attached hydrogen (secondary N) is 3. The van der Waals surface area contributed by atoms with Gasteiger partial charge in [0.15, 0.2) is 32.3 Å². The van der Waals surface area contributed by atoms with Crippen LogP contribution in [0.5, 0.6) is 0 Å². The van der Waals surface area contributed by atoms with Crippen LogP contribution < -0.4 is 33.2 Å². The van der Waals surface area contributed by atoms with Crippen LogP contribution in [0.25, 0.3) is 89.4 Å². The molecule has 3 aliphatic carbocycles. The summed E-state index contributed by atoms with van der Waals surface area (Å²) in [6, 6.07) is 46.5. The van der Waals surface area contributed by atoms with E-state index in [2.05, 4.69) is 249 Å². The van der Waals surface area contributed by atoms with Crippen LogP contribution in [0.3, 0.4) is 0 Å². The number of hydrogen-bond acceptors (Lipinski definition) is 27. The molecule has 0 unspecified atom stereocenters. The number of aryl methyl sites for hydroxylation is 3. The molecule has 0 amide bonds. The Morgan fingerprint density at radius 3 is 0.967 bits per heavy atom. The van der Waals surface area contributed by atoms with Crippen molar-refractivity contribution in [2.24, 2.45) is 0 Å². The van der Waals surface area contributed by atoms with Crippen molar-refractivity contribution in [2.45, 2.75) is 134 Å². The van der Waals surface area contributed by atoms with Gasteiger partial charge >= 0.3 is 0 Å². The van der Waals surface area contributed by atoms with Crippen LogP contribution in [0, 0.1) is 20.8 Å². The van der Waals surface area contributed by atoms with Crippen molar-refractivity contribution in [3.8, 4) is 56.3 Å². The third kappa shape index (κ3) is 17.7. The van der Waals surface area contributed by atoms with Gasteiger partial charge in [0.1, 0.15) is 53.5 Å². The molecule has 14 aromatic rings. The van der Waals surface area contributed by atoms with Crippen molar-refractivity contribution >= 4 is 117 Å². The standard InChI is InChI=1S/C32H37N9S.C31H35N9S.C27H35N9S/c1-21-3-5-22(6-4-21)27-19-42-32(37-27)36-24-9-7-23(8-10-24)29-28-30(33)34-20-35-31(28)41(38-29)26-13-11-25(12-14-26)40-17-15-39(2)16-18-40;1-38-15-17-39(18-16-38)24-11-13-25(14-12-24)40-30-27(29(32)33-20-34-30)28(37-40)22-7-9-23(10-8-22)35-31-36-26(19-41-31)21-5-3-2-4-6-21;1-17-18(2)37-27(31-17)32-20-6-4-19(5-7-20)24-23-25(28)29-16-30-26(23)36(33-24)22-10-8-21(9-11-22)35-14-12-34(3)13-15-35/h3-10,19-20,25-26H,11-18H2,1-2H3,(H,36,37)(H2,33,34,35);2-10,19-20,24-25H,11-18H2,1H3,(H,35,36)(H2,32,33,34);4-7,16,21-22H,8-15H2,1-3H3,(H,31,32)(H2,28,29,30)/t25-,26+;24-,25+;21-,22+. The molecule has 9 N–H and O–H groups in total. The third-order valence-electron chi connectivity index (χ3n) is 25.4. The summed E-state index contributed by atoms with van der Waals surface area (Å²) in [5, 5.41) is 35.0. The monoisotopic (exact) mass is 1660 g/mol. The van der Waals surface area contributed by atoms with Crippen LogP contribution in [0.15, 0.2) is 157 Å². The maximum absolute atomic E-state index is 6.42. The lowest BCUT2D eigenvalue weighted by Crippen LogP contribution is -2.49. The van der Waals surface area contributed by atoms with Gasteiger partial charge in [-0.25, -0.2) is 58.9 Å². The van der Waals surface area contributed by atoms with Gasteiger partial charge in [0.2, 0.25) is 0 Å². The minimum atomic E-state index is 0.313. The molecule has 120 heavy (non-hydrogen) atoms. The van der Waals surface area contributed by atoms with Crippen LogP contribution in [0.1, 0.15) is 111 Å². The van der Waals surface area contributed by atoms with Crippen molar-refractivity contribution in [3.05, 3.63) is 173 Å². The van der Waals surface area contributed by atoms with E-state index in [0.29, 0.717) is 53.7 Å². The molecule has 27 nitrogen and oxygen atoms in total. The van der Waals surface area contributed by atoms with Crippen LogP contribution in [0.2, 0.25) is 0 Å². The largest absolute Gasteiger partial charge is 0.383 e. The van der Waals surface area contributed by atoms with Crippen molar-refractivity contribution < 1.29 is 0 Å². The van der Waals surface area contributed by atoms with E-state index < -0.39 is 0 Å². The van der Waals surface area contributed by atoms with Gasteiger partial charge in [-0.2, -0.15) is 15.3 Å². The van der Waals surface area contributed by atoms with E-state index in [-0.39, 0.29) is 0 Å². The fourth-order valence-electron chi connectivity index (χ4n) is 18.2. The Hall–Kier alpha value is -10.8. The number of hydrogen-bond donors (Lipinski definition) is 6. The predicted molar refractivity (Wildman–Crippen MR) is 488 cm³/mol. The third-order valence-corrected chi connectivity index (χ3v) is 27.9. The molecular formula is C90H107N27S3. The lowest BCUT2D eigenvalue weighted by molar-refractivity contribution is 0.0815. The van der Waals surface area contributed by atoms with Crippen molar-refractivity contribution in [2.75, 3.05) is 133 Å². The SMILES string of the molecule is CN1CCN([C@H]2CC[C@@H](n3nc(-c4ccc(Nc5nc(-c6ccccc6)cs5)cc4)c4c(N)ncnc43)CC2)CC1.Cc1ccc(-c2csc(Nc3ccc(-c4nn([C@H]5CC[C@@H](N6CCN(C)CC6)CC5)c5ncnc(N)c45)cc3)n2)cc1.Cc1nc(Nc2ccc(-c3nn([C@H]4CC[C@@H](N5CCN(C)CC5)CC4)c4ncnc(N)c34)cc2)sc1C. The summed E-state index contributed by atoms with van der Waals surface area (Å²) >= 11 is 4.86. The van der Waals surface area contributed by atoms with Gasteiger partial charge in [-0.1, -0.05) is 96.6 Å². The van der Waals surface area contributed by atoms with E-state index in [4.69, 9.17) is 42.5 Å². The number of nitrogens with two attached hydrogens (primary N) is 3. The Labute approximate surface area is 712 Å². The van der Waals surface area contributed by atoms with E-state index >= 15 is 0 Å². The smallest absolute Gasteiger partial charge is 0.187 e. The first-order chi connectivity index (χ1) is 58.6. The number of nitrogens with zero attached hydrogens (tertiary/aromatic N) is 21. The summed E-state index contributed by atoms with van der Waals surface area (Å²) in [6.45, 7) is 20.3. The van der Waals surface area contributed by atoms with Crippen molar-refractivity contribution in [1.82, 2.24) is 104 Å². The second kappa shape index (κ2) is 35.9. The molecule has 9 aromatic heterocycles. The quantitative estimate of drug-likeness (QED) is 0.0493. The number of aromatic nitrogens is 15. The highest BCUT2D eigenvalue weighted by Gasteiger charge is 2.35. The number of benzene rings is 5. The molecule has 0 atom stereocenters. The first-order valence-corrected chi connectivity index (χ1v) is 45.0. The van der Waals surface area contributed by atoms with Crippen molar-refractivity contribution in [1.29, 1.82) is 0 Å². The molecule has 620 valence electrons. The van der Waals surface area contributed by atoms with E-state index in [1.807, 2.05) is 25.1 Å². The fourth-order valence-corrected chi connectivity index (χ4v) is 20.5. The molecule has 3 aliphatic heterocycles. The van der Waals surface area contributed by atoms with Gasteiger partial charge in [-0.3, -0.25) is 14.7 Å². The molecule has 0 radical (unpaired) electrons. The van der Waals surface area contributed by atoms with E-state index in [9.17, 15) is 0 Å². The number of rotatable bonds is 17. The van der Waals surface area contributed by atoms with Crippen molar-refractivity contribution in [3.63, 3.8) is 0 Å². The lowest BCUT2D eigenvalue weighted by atomic mass is 9.90. The Kier molecular flexibility index (Phi) is 24.0. The Morgan fingerprint density at radius 2 is 0.642 bits per heavy atom. The summed E-state index contributed by atoms with van der Waals surface area (Å²) in [7, 11) is 6.65. The number of nitrogen functional groups attached to an aromatic ring is 3. The van der Waals surface area contributed by atoms with Gasteiger partial charge in [0.05, 0.1) is 51.4 Å². The number of piperazine rings is 3. The molecule has 0 bridgehead atoms. The molecule has 6 aliphatic rings. The van der Waals surface area contributed by atoms with Gasteiger partial charge in [0.25, 0.3) is 0 Å². The van der Waals surface area contributed by atoms with Crippen LogP contribution >= 0.6 is 34.0 Å². The highest BCUT2D eigenvalue weighted by Crippen LogP contribution is 2.43. The summed E-state index contributed by atoms with van der Waals surface area (Å²) in [4.78, 5) is 57.6. The number of fused-ring (bicyclic) bond motifs is 3. The second-order valence-electron chi connectivity index (χ2n) is 33.2. The fraction of sp³-hybridized carbons (Fsp3) is 0.400. The van der Waals surface area contributed by atoms with Gasteiger partial charge in [-0.15, -0.1) is 34.0 Å². The normalized spacial score (nSPS) is 20.7. The topological polar surface area (TPSA) is 303 Å². The Morgan fingerprint density at radius 1 is 0.333 bits per heavy atom. The molecule has 3 saturated heterocycles. The van der Waals surface area contributed by atoms with Crippen LogP contribution in [-0.4, -0.2) is 221 Å². The van der Waals surface area contributed by atoms with E-state index in [1.54, 1.807) is 53.0 Å². The molecular weight excluding hydrogens is 1560 g/mol. The first-order valence-electron chi connectivity index (χ1n) is 42.4. The highest BCUT2D eigenvalue weighted by atomic mass is 32.1. The molecule has 5 aromatic carbocycles. The maximum Gasteiger partial charge on any atom is 0.187 e. The van der Waals surface area contributed by atoms with Gasteiger partial charge in [0, 0.05) is 157 Å². The Balaban J connectivity index is 0.000000124. The minimum Gasteiger partial charge on any atom is -0.383 e.